The van der Waals surface area contributed by atoms with Gasteiger partial charge in [0.15, 0.2) is 0 Å². The molecule has 1 fully saturated rings. The van der Waals surface area contributed by atoms with Gasteiger partial charge in [-0.15, -0.1) is 11.3 Å². The van der Waals surface area contributed by atoms with Crippen molar-refractivity contribution in [3.05, 3.63) is 80.9 Å². The van der Waals surface area contributed by atoms with Gasteiger partial charge in [-0.25, -0.2) is 0 Å². The van der Waals surface area contributed by atoms with Crippen LogP contribution in [0.25, 0.3) is 5.76 Å². The van der Waals surface area contributed by atoms with E-state index in [1.54, 1.807) is 18.2 Å². The van der Waals surface area contributed by atoms with Gasteiger partial charge in [0.25, 0.3) is 11.7 Å². The summed E-state index contributed by atoms with van der Waals surface area (Å²) in [6.07, 6.45) is 1.53. The first-order valence-electron chi connectivity index (χ1n) is 10.7. The number of rotatable bonds is 5. The number of aliphatic hydroxyl groups is 1. The summed E-state index contributed by atoms with van der Waals surface area (Å²) in [5.74, 6) is -0.643. The van der Waals surface area contributed by atoms with E-state index in [4.69, 9.17) is 9.15 Å². The maximum Gasteiger partial charge on any atom is 0.296 e. The van der Waals surface area contributed by atoms with E-state index in [9.17, 15) is 14.7 Å². The standard InChI is InChI=1S/C26H27NO5S/c1-15-10-12-33-24(15)21-20(23(29)25(30)27(21)14-17-7-6-11-32-17)22(28)18-13-16(26(2,3)4)8-9-19(18)31-5/h6-13,21,28H,14H2,1-5H3/b22-20+. The Kier molecular flexibility index (Phi) is 5.93. The third-order valence-corrected chi connectivity index (χ3v) is 6.99. The number of aryl methyl sites for hydroxylation is 1. The van der Waals surface area contributed by atoms with Crippen LogP contribution in [0.1, 0.15) is 54.1 Å². The van der Waals surface area contributed by atoms with Crippen molar-refractivity contribution in [2.45, 2.75) is 45.7 Å². The fraction of sp³-hybridized carbons (Fsp3) is 0.308. The van der Waals surface area contributed by atoms with E-state index in [0.717, 1.165) is 16.0 Å². The number of methoxy groups -OCH3 is 1. The summed E-state index contributed by atoms with van der Waals surface area (Å²) in [7, 11) is 1.51. The predicted octanol–water partition coefficient (Wildman–Crippen LogP) is 5.58. The summed E-state index contributed by atoms with van der Waals surface area (Å²) in [6.45, 7) is 8.25. The van der Waals surface area contributed by atoms with Crippen molar-refractivity contribution in [3.63, 3.8) is 0 Å². The minimum Gasteiger partial charge on any atom is -0.507 e. The Bertz CT molecular complexity index is 1230. The molecule has 1 N–H and O–H groups in total. The second kappa shape index (κ2) is 8.56. The monoisotopic (exact) mass is 465 g/mol. The summed E-state index contributed by atoms with van der Waals surface area (Å²) in [4.78, 5) is 28.7. The molecule has 4 rings (SSSR count). The molecule has 7 heteroatoms. The minimum atomic E-state index is -0.724. The van der Waals surface area contributed by atoms with Crippen LogP contribution in [0.5, 0.6) is 5.75 Å². The Morgan fingerprint density at radius 2 is 1.97 bits per heavy atom. The van der Waals surface area contributed by atoms with Crippen LogP contribution >= 0.6 is 11.3 Å². The molecular weight excluding hydrogens is 438 g/mol. The van der Waals surface area contributed by atoms with Crippen LogP contribution in [0.3, 0.4) is 0 Å². The summed E-state index contributed by atoms with van der Waals surface area (Å²) >= 11 is 1.45. The summed E-state index contributed by atoms with van der Waals surface area (Å²) in [5.41, 5.74) is 2.18. The molecule has 3 aromatic rings. The number of Topliss-reactive ketones (excluding diaryl/α,β-unsaturated/α-hetero) is 1. The number of ether oxygens (including phenoxy) is 1. The number of carbonyl (C=O) groups excluding carboxylic acids is 2. The number of thiophene rings is 1. The molecule has 1 atom stereocenters. The normalized spacial score (nSPS) is 18.2. The topological polar surface area (TPSA) is 80.0 Å². The van der Waals surface area contributed by atoms with E-state index < -0.39 is 17.7 Å². The molecule has 1 aliphatic heterocycles. The molecule has 0 radical (unpaired) electrons. The molecule has 1 amide bonds. The highest BCUT2D eigenvalue weighted by Gasteiger charge is 2.47. The van der Waals surface area contributed by atoms with Gasteiger partial charge >= 0.3 is 0 Å². The number of hydrogen-bond donors (Lipinski definition) is 1. The van der Waals surface area contributed by atoms with E-state index in [2.05, 4.69) is 20.8 Å². The van der Waals surface area contributed by atoms with Crippen molar-refractivity contribution in [3.8, 4) is 5.75 Å². The fourth-order valence-corrected chi connectivity index (χ4v) is 5.10. The number of ketones is 1. The molecule has 33 heavy (non-hydrogen) atoms. The van der Waals surface area contributed by atoms with E-state index in [-0.39, 0.29) is 23.3 Å². The van der Waals surface area contributed by atoms with E-state index >= 15 is 0 Å². The van der Waals surface area contributed by atoms with E-state index in [0.29, 0.717) is 17.1 Å². The van der Waals surface area contributed by atoms with Crippen molar-refractivity contribution >= 4 is 28.8 Å². The molecule has 3 heterocycles. The maximum absolute atomic E-state index is 13.3. The molecule has 172 valence electrons. The first-order valence-corrected chi connectivity index (χ1v) is 11.5. The number of benzene rings is 1. The molecule has 1 aliphatic rings. The van der Waals surface area contributed by atoms with E-state index in [1.807, 2.05) is 30.5 Å². The molecule has 1 saturated heterocycles. The largest absolute Gasteiger partial charge is 0.507 e. The highest BCUT2D eigenvalue weighted by molar-refractivity contribution is 7.10. The lowest BCUT2D eigenvalue weighted by atomic mass is 9.85. The average molecular weight is 466 g/mol. The quantitative estimate of drug-likeness (QED) is 0.302. The van der Waals surface area contributed by atoms with Crippen molar-refractivity contribution in [1.82, 2.24) is 4.90 Å². The Morgan fingerprint density at radius 3 is 2.55 bits per heavy atom. The zero-order valence-electron chi connectivity index (χ0n) is 19.3. The summed E-state index contributed by atoms with van der Waals surface area (Å²) < 4.78 is 10.9. The van der Waals surface area contributed by atoms with Crippen LogP contribution in [0, 0.1) is 6.92 Å². The second-order valence-electron chi connectivity index (χ2n) is 9.14. The minimum absolute atomic E-state index is 0.0569. The maximum atomic E-state index is 13.3. The lowest BCUT2D eigenvalue weighted by molar-refractivity contribution is -0.140. The van der Waals surface area contributed by atoms with Gasteiger partial charge in [-0.2, -0.15) is 0 Å². The molecule has 0 saturated carbocycles. The molecule has 1 unspecified atom stereocenters. The molecule has 1 aromatic carbocycles. The fourth-order valence-electron chi connectivity index (χ4n) is 4.06. The lowest BCUT2D eigenvalue weighted by Gasteiger charge is -2.25. The number of amides is 1. The molecule has 2 aromatic heterocycles. The highest BCUT2D eigenvalue weighted by atomic mass is 32.1. The predicted molar refractivity (Wildman–Crippen MR) is 127 cm³/mol. The van der Waals surface area contributed by atoms with Crippen LogP contribution in [0.4, 0.5) is 0 Å². The van der Waals surface area contributed by atoms with Crippen LogP contribution in [0.2, 0.25) is 0 Å². The molecule has 0 spiro atoms. The third kappa shape index (κ3) is 4.09. The smallest absolute Gasteiger partial charge is 0.296 e. The number of carbonyl (C=O) groups is 2. The van der Waals surface area contributed by atoms with Gasteiger partial charge in [0.05, 0.1) is 31.1 Å². The Morgan fingerprint density at radius 1 is 1.21 bits per heavy atom. The summed E-state index contributed by atoms with van der Waals surface area (Å²) in [6, 6.07) is 10.2. The number of hydrogen-bond acceptors (Lipinski definition) is 6. The van der Waals surface area contributed by atoms with Crippen molar-refractivity contribution in [1.29, 1.82) is 0 Å². The Hall–Kier alpha value is -3.32. The van der Waals surface area contributed by atoms with Gasteiger partial charge < -0.3 is 19.2 Å². The van der Waals surface area contributed by atoms with Crippen LogP contribution in [-0.4, -0.2) is 28.8 Å². The van der Waals surface area contributed by atoms with Gasteiger partial charge in [-0.3, -0.25) is 9.59 Å². The van der Waals surface area contributed by atoms with E-state index in [1.165, 1.54) is 29.6 Å². The van der Waals surface area contributed by atoms with Crippen molar-refractivity contribution < 1.29 is 23.8 Å². The van der Waals surface area contributed by atoms with Crippen molar-refractivity contribution in [2.24, 2.45) is 0 Å². The molecule has 6 nitrogen and oxygen atoms in total. The van der Waals surface area contributed by atoms with Gasteiger partial charge in [0.1, 0.15) is 23.3 Å². The van der Waals surface area contributed by atoms with Gasteiger partial charge in [0, 0.05) is 4.88 Å². The molecular formula is C26H27NO5S. The SMILES string of the molecule is COc1ccc(C(C)(C)C)cc1/C(O)=C1\C(=O)C(=O)N(Cc2ccco2)C1c1sccc1C. The lowest BCUT2D eigenvalue weighted by Crippen LogP contribution is -2.28. The van der Waals surface area contributed by atoms with Crippen molar-refractivity contribution in [2.75, 3.05) is 7.11 Å². The summed E-state index contributed by atoms with van der Waals surface area (Å²) in [5, 5.41) is 13.4. The number of furan rings is 1. The highest BCUT2D eigenvalue weighted by Crippen LogP contribution is 2.44. The zero-order chi connectivity index (χ0) is 23.9. The number of aliphatic hydroxyl groups excluding tert-OH is 1. The Labute approximate surface area is 197 Å². The number of likely N-dealkylation sites (tertiary alicyclic amines) is 1. The van der Waals surface area contributed by atoms with Crippen LogP contribution in [0.15, 0.2) is 58.0 Å². The van der Waals surface area contributed by atoms with Crippen LogP contribution < -0.4 is 4.74 Å². The van der Waals surface area contributed by atoms with Gasteiger partial charge in [0.2, 0.25) is 0 Å². The first-order chi connectivity index (χ1) is 15.6. The second-order valence-corrected chi connectivity index (χ2v) is 10.1. The zero-order valence-corrected chi connectivity index (χ0v) is 20.2. The third-order valence-electron chi connectivity index (χ3n) is 5.92. The van der Waals surface area contributed by atoms with Gasteiger partial charge in [-0.05, 0) is 59.2 Å². The first kappa shape index (κ1) is 22.9. The molecule has 0 bridgehead atoms. The average Bonchev–Trinajstić information content (AvgIpc) is 3.49. The Balaban J connectivity index is 1.93. The molecule has 0 aliphatic carbocycles. The van der Waals surface area contributed by atoms with Crippen LogP contribution in [-0.2, 0) is 21.5 Å². The van der Waals surface area contributed by atoms with Gasteiger partial charge in [-0.1, -0.05) is 26.8 Å². The number of nitrogens with zero attached hydrogens (tertiary/aromatic N) is 1.